The summed E-state index contributed by atoms with van der Waals surface area (Å²) in [6.07, 6.45) is 0. The molecule has 0 saturated carbocycles. The molecule has 1 heterocycles. The molecule has 6 heteroatoms. The normalized spacial score (nSPS) is 10.2. The van der Waals surface area contributed by atoms with Gasteiger partial charge in [-0.05, 0) is 5.56 Å². The molecule has 2 aromatic rings. The molecule has 0 radical (unpaired) electrons. The molecule has 0 saturated heterocycles. The predicted octanol–water partition coefficient (Wildman–Crippen LogP) is 2.11. The average Bonchev–Trinajstić information content (AvgIpc) is 2.88. The van der Waals surface area contributed by atoms with Crippen molar-refractivity contribution in [2.45, 2.75) is 6.54 Å². The van der Waals surface area contributed by atoms with Crippen LogP contribution < -0.4 is 0 Å². The van der Waals surface area contributed by atoms with Gasteiger partial charge in [0.25, 0.3) is 5.91 Å². The van der Waals surface area contributed by atoms with Gasteiger partial charge in [0.05, 0.1) is 0 Å². The van der Waals surface area contributed by atoms with Crippen LogP contribution in [-0.4, -0.2) is 33.9 Å². The minimum Gasteiger partial charge on any atom is -0.476 e. The minimum absolute atomic E-state index is 0.0959. The fraction of sp³-hybridized carbons (Fsp3) is 0.154. The van der Waals surface area contributed by atoms with Gasteiger partial charge in [-0.1, -0.05) is 30.3 Å². The number of hydrogen-bond donors (Lipinski definition) is 1. The number of aromatic nitrogens is 1. The number of carbonyl (C=O) groups is 2. The zero-order valence-electron chi connectivity index (χ0n) is 10.2. The van der Waals surface area contributed by atoms with E-state index in [2.05, 4.69) is 4.98 Å². The Morgan fingerprint density at radius 1 is 1.32 bits per heavy atom. The highest BCUT2D eigenvalue weighted by Crippen LogP contribution is 2.13. The molecule has 0 unspecified atom stereocenters. The van der Waals surface area contributed by atoms with E-state index in [1.165, 1.54) is 10.3 Å². The second-order valence-corrected chi connectivity index (χ2v) is 4.85. The minimum atomic E-state index is -1.12. The summed E-state index contributed by atoms with van der Waals surface area (Å²) in [5, 5.41) is 10.3. The number of benzene rings is 1. The monoisotopic (exact) mass is 276 g/mol. The Bertz CT molecular complexity index is 595. The maximum atomic E-state index is 12.1. The van der Waals surface area contributed by atoms with E-state index >= 15 is 0 Å². The number of amides is 1. The van der Waals surface area contributed by atoms with Crippen LogP contribution in [0.4, 0.5) is 0 Å². The predicted molar refractivity (Wildman–Crippen MR) is 71.3 cm³/mol. The molecular formula is C13H12N2O3S. The topological polar surface area (TPSA) is 70.5 Å². The maximum absolute atomic E-state index is 12.1. The number of hydrogen-bond acceptors (Lipinski definition) is 4. The van der Waals surface area contributed by atoms with Crippen LogP contribution >= 0.6 is 11.3 Å². The second-order valence-electron chi connectivity index (χ2n) is 3.99. The molecule has 0 spiro atoms. The van der Waals surface area contributed by atoms with E-state index in [4.69, 9.17) is 5.11 Å². The lowest BCUT2D eigenvalue weighted by Crippen LogP contribution is -2.26. The van der Waals surface area contributed by atoms with Crippen LogP contribution in [0.3, 0.4) is 0 Å². The van der Waals surface area contributed by atoms with E-state index in [0.717, 1.165) is 16.9 Å². The zero-order valence-corrected chi connectivity index (χ0v) is 11.1. The standard InChI is InChI=1S/C13H12N2O3S/c1-15(7-9-5-3-2-4-6-9)12(16)11-14-10(8-19-11)13(17)18/h2-6,8H,7H2,1H3,(H,17,18). The fourth-order valence-electron chi connectivity index (χ4n) is 1.56. The van der Waals surface area contributed by atoms with Crippen molar-refractivity contribution in [1.29, 1.82) is 0 Å². The Labute approximate surface area is 114 Å². The number of carboxylic acid groups (broad SMARTS) is 1. The molecule has 0 fully saturated rings. The van der Waals surface area contributed by atoms with Crippen molar-refractivity contribution in [3.05, 3.63) is 52.0 Å². The van der Waals surface area contributed by atoms with Crippen LogP contribution in [0.25, 0.3) is 0 Å². The van der Waals surface area contributed by atoms with Gasteiger partial charge < -0.3 is 10.0 Å². The number of carboxylic acids is 1. The quantitative estimate of drug-likeness (QED) is 0.928. The lowest BCUT2D eigenvalue weighted by atomic mass is 10.2. The molecule has 5 nitrogen and oxygen atoms in total. The summed E-state index contributed by atoms with van der Waals surface area (Å²) in [5.41, 5.74) is 0.912. The third-order valence-electron chi connectivity index (χ3n) is 2.52. The van der Waals surface area contributed by atoms with Gasteiger partial charge in [0.15, 0.2) is 10.7 Å². The van der Waals surface area contributed by atoms with Gasteiger partial charge in [-0.3, -0.25) is 4.79 Å². The number of aromatic carboxylic acids is 1. The molecule has 0 aliphatic heterocycles. The summed E-state index contributed by atoms with van der Waals surface area (Å²) in [6.45, 7) is 0.460. The molecule has 98 valence electrons. The van der Waals surface area contributed by atoms with Crippen LogP contribution in [0.2, 0.25) is 0 Å². The van der Waals surface area contributed by atoms with Crippen molar-refractivity contribution < 1.29 is 14.7 Å². The molecule has 0 aliphatic carbocycles. The first kappa shape index (κ1) is 13.2. The average molecular weight is 276 g/mol. The first-order valence-electron chi connectivity index (χ1n) is 5.56. The molecule has 0 aliphatic rings. The highest BCUT2D eigenvalue weighted by molar-refractivity contribution is 7.11. The SMILES string of the molecule is CN(Cc1ccccc1)C(=O)c1nc(C(=O)O)cs1. The van der Waals surface area contributed by atoms with Gasteiger partial charge in [0, 0.05) is 19.0 Å². The summed E-state index contributed by atoms with van der Waals surface area (Å²) in [4.78, 5) is 28.1. The molecule has 1 N–H and O–H groups in total. The summed E-state index contributed by atoms with van der Waals surface area (Å²) in [6, 6.07) is 9.56. The Morgan fingerprint density at radius 3 is 2.58 bits per heavy atom. The van der Waals surface area contributed by atoms with Gasteiger partial charge >= 0.3 is 5.97 Å². The Hall–Kier alpha value is -2.21. The smallest absolute Gasteiger partial charge is 0.355 e. The van der Waals surface area contributed by atoms with E-state index in [1.807, 2.05) is 30.3 Å². The van der Waals surface area contributed by atoms with E-state index in [-0.39, 0.29) is 16.6 Å². The number of carbonyl (C=O) groups excluding carboxylic acids is 1. The van der Waals surface area contributed by atoms with E-state index in [9.17, 15) is 9.59 Å². The maximum Gasteiger partial charge on any atom is 0.355 e. The van der Waals surface area contributed by atoms with Gasteiger partial charge in [0.2, 0.25) is 0 Å². The second kappa shape index (κ2) is 5.62. The van der Waals surface area contributed by atoms with Gasteiger partial charge in [-0.2, -0.15) is 0 Å². The van der Waals surface area contributed by atoms with Gasteiger partial charge in [0.1, 0.15) is 0 Å². The molecule has 19 heavy (non-hydrogen) atoms. The van der Waals surface area contributed by atoms with Crippen LogP contribution in [0.5, 0.6) is 0 Å². The van der Waals surface area contributed by atoms with Crippen LogP contribution in [-0.2, 0) is 6.54 Å². The van der Waals surface area contributed by atoms with Crippen LogP contribution in [0.15, 0.2) is 35.7 Å². The summed E-state index contributed by atoms with van der Waals surface area (Å²) < 4.78 is 0. The lowest BCUT2D eigenvalue weighted by Gasteiger charge is -2.15. The van der Waals surface area contributed by atoms with Crippen molar-refractivity contribution in [3.8, 4) is 0 Å². The fourth-order valence-corrected chi connectivity index (χ4v) is 2.35. The lowest BCUT2D eigenvalue weighted by molar-refractivity contribution is 0.0691. The largest absolute Gasteiger partial charge is 0.476 e. The van der Waals surface area contributed by atoms with Gasteiger partial charge in [-0.25, -0.2) is 9.78 Å². The number of nitrogens with zero attached hydrogens (tertiary/aromatic N) is 2. The van der Waals surface area contributed by atoms with Crippen molar-refractivity contribution in [2.24, 2.45) is 0 Å². The van der Waals surface area contributed by atoms with Crippen LogP contribution in [0, 0.1) is 0 Å². The summed E-state index contributed by atoms with van der Waals surface area (Å²) >= 11 is 1.04. The summed E-state index contributed by atoms with van der Waals surface area (Å²) in [5.74, 6) is -1.40. The highest BCUT2D eigenvalue weighted by atomic mass is 32.1. The molecule has 1 aromatic heterocycles. The zero-order chi connectivity index (χ0) is 13.8. The van der Waals surface area contributed by atoms with Crippen molar-refractivity contribution in [3.63, 3.8) is 0 Å². The van der Waals surface area contributed by atoms with Crippen molar-refractivity contribution >= 4 is 23.2 Å². The Kier molecular flexibility index (Phi) is 3.91. The summed E-state index contributed by atoms with van der Waals surface area (Å²) in [7, 11) is 1.66. The highest BCUT2D eigenvalue weighted by Gasteiger charge is 2.18. The molecule has 1 amide bonds. The van der Waals surface area contributed by atoms with Crippen molar-refractivity contribution in [1.82, 2.24) is 9.88 Å². The van der Waals surface area contributed by atoms with Gasteiger partial charge in [-0.15, -0.1) is 11.3 Å². The first-order valence-corrected chi connectivity index (χ1v) is 6.44. The Morgan fingerprint density at radius 2 is 2.00 bits per heavy atom. The number of rotatable bonds is 4. The van der Waals surface area contributed by atoms with Crippen molar-refractivity contribution in [2.75, 3.05) is 7.05 Å². The van der Waals surface area contributed by atoms with E-state index in [0.29, 0.717) is 6.54 Å². The first-order chi connectivity index (χ1) is 9.08. The molecular weight excluding hydrogens is 264 g/mol. The molecule has 2 rings (SSSR count). The molecule has 1 aromatic carbocycles. The van der Waals surface area contributed by atoms with E-state index in [1.54, 1.807) is 7.05 Å². The molecule has 0 atom stereocenters. The third kappa shape index (κ3) is 3.17. The van der Waals surface area contributed by atoms with Crippen LogP contribution in [0.1, 0.15) is 25.9 Å². The third-order valence-corrected chi connectivity index (χ3v) is 3.35. The molecule has 0 bridgehead atoms. The number of thiazole rings is 1. The Balaban J connectivity index is 2.08. The van der Waals surface area contributed by atoms with E-state index < -0.39 is 5.97 Å².